The highest BCUT2D eigenvalue weighted by Gasteiger charge is 2.12. The highest BCUT2D eigenvalue weighted by Crippen LogP contribution is 2.21. The SMILES string of the molecule is Cc1cc(NC(=O)NC[C@@H](O)c2ccsc2)ccc1[N+](=O)[O-]. The molecule has 2 amide bonds. The van der Waals surface area contributed by atoms with Crippen LogP contribution in [0.1, 0.15) is 17.2 Å². The molecule has 1 aromatic carbocycles. The molecule has 0 unspecified atom stereocenters. The zero-order valence-electron chi connectivity index (χ0n) is 11.8. The lowest BCUT2D eigenvalue weighted by molar-refractivity contribution is -0.385. The number of hydrogen-bond donors (Lipinski definition) is 3. The minimum Gasteiger partial charge on any atom is -0.387 e. The number of carbonyl (C=O) groups excluding carboxylic acids is 1. The zero-order chi connectivity index (χ0) is 16.1. The number of amides is 2. The summed E-state index contributed by atoms with van der Waals surface area (Å²) in [4.78, 5) is 22.0. The van der Waals surface area contributed by atoms with Crippen molar-refractivity contribution < 1.29 is 14.8 Å². The van der Waals surface area contributed by atoms with Crippen molar-refractivity contribution in [2.75, 3.05) is 11.9 Å². The summed E-state index contributed by atoms with van der Waals surface area (Å²) in [6, 6.07) is 5.62. The monoisotopic (exact) mass is 321 g/mol. The second kappa shape index (κ2) is 7.01. The molecule has 2 aromatic rings. The van der Waals surface area contributed by atoms with Gasteiger partial charge in [-0.2, -0.15) is 11.3 Å². The van der Waals surface area contributed by atoms with Crippen LogP contribution in [0.5, 0.6) is 0 Å². The summed E-state index contributed by atoms with van der Waals surface area (Å²) in [7, 11) is 0. The number of thiophene rings is 1. The van der Waals surface area contributed by atoms with Gasteiger partial charge in [-0.1, -0.05) is 0 Å². The molecule has 0 saturated heterocycles. The maximum Gasteiger partial charge on any atom is 0.319 e. The molecule has 1 atom stereocenters. The molecule has 22 heavy (non-hydrogen) atoms. The minimum absolute atomic E-state index is 0.00108. The smallest absolute Gasteiger partial charge is 0.319 e. The van der Waals surface area contributed by atoms with Crippen molar-refractivity contribution in [3.05, 3.63) is 56.3 Å². The Morgan fingerprint density at radius 1 is 1.45 bits per heavy atom. The maximum atomic E-state index is 11.8. The van der Waals surface area contributed by atoms with E-state index in [0.29, 0.717) is 11.3 Å². The van der Waals surface area contributed by atoms with Crippen molar-refractivity contribution in [1.82, 2.24) is 5.32 Å². The molecule has 0 spiro atoms. The highest BCUT2D eigenvalue weighted by atomic mass is 32.1. The normalized spacial score (nSPS) is 11.7. The summed E-state index contributed by atoms with van der Waals surface area (Å²) >= 11 is 1.47. The number of aliphatic hydroxyl groups is 1. The van der Waals surface area contributed by atoms with Gasteiger partial charge >= 0.3 is 6.03 Å². The van der Waals surface area contributed by atoms with Crippen LogP contribution < -0.4 is 10.6 Å². The number of aliphatic hydroxyl groups excluding tert-OH is 1. The number of nitrogens with zero attached hydrogens (tertiary/aromatic N) is 1. The number of hydrogen-bond acceptors (Lipinski definition) is 5. The molecule has 1 heterocycles. The molecular formula is C14H15N3O4S. The Morgan fingerprint density at radius 3 is 2.82 bits per heavy atom. The summed E-state index contributed by atoms with van der Waals surface area (Å²) in [5.41, 5.74) is 1.65. The maximum absolute atomic E-state index is 11.8. The lowest BCUT2D eigenvalue weighted by atomic mass is 10.2. The van der Waals surface area contributed by atoms with E-state index >= 15 is 0 Å². The summed E-state index contributed by atoms with van der Waals surface area (Å²) < 4.78 is 0. The molecule has 0 aliphatic rings. The first kappa shape index (κ1) is 15.9. The van der Waals surface area contributed by atoms with Crippen LogP contribution in [-0.4, -0.2) is 22.6 Å². The van der Waals surface area contributed by atoms with Crippen molar-refractivity contribution in [2.45, 2.75) is 13.0 Å². The van der Waals surface area contributed by atoms with Gasteiger partial charge in [0.15, 0.2) is 0 Å². The van der Waals surface area contributed by atoms with Crippen LogP contribution >= 0.6 is 11.3 Å². The average Bonchev–Trinajstić information content (AvgIpc) is 2.98. The largest absolute Gasteiger partial charge is 0.387 e. The van der Waals surface area contributed by atoms with Gasteiger partial charge in [-0.25, -0.2) is 4.79 Å². The van der Waals surface area contributed by atoms with Gasteiger partial charge in [0.25, 0.3) is 5.69 Å². The number of aryl methyl sites for hydroxylation is 1. The minimum atomic E-state index is -0.768. The van der Waals surface area contributed by atoms with Gasteiger partial charge in [-0.15, -0.1) is 0 Å². The van der Waals surface area contributed by atoms with Crippen molar-refractivity contribution in [3.63, 3.8) is 0 Å². The van der Waals surface area contributed by atoms with Crippen LogP contribution in [0.4, 0.5) is 16.2 Å². The van der Waals surface area contributed by atoms with E-state index in [0.717, 1.165) is 5.56 Å². The zero-order valence-corrected chi connectivity index (χ0v) is 12.6. The first-order valence-corrected chi connectivity index (χ1v) is 7.41. The molecule has 0 radical (unpaired) electrons. The quantitative estimate of drug-likeness (QED) is 0.581. The number of anilines is 1. The molecule has 0 aliphatic heterocycles. The van der Waals surface area contributed by atoms with Gasteiger partial charge < -0.3 is 15.7 Å². The van der Waals surface area contributed by atoms with E-state index in [9.17, 15) is 20.0 Å². The van der Waals surface area contributed by atoms with Gasteiger partial charge in [0.1, 0.15) is 0 Å². The molecule has 0 fully saturated rings. The molecule has 7 nitrogen and oxygen atoms in total. The molecule has 3 N–H and O–H groups in total. The first-order chi connectivity index (χ1) is 10.5. The fraction of sp³-hybridized carbons (Fsp3) is 0.214. The van der Waals surface area contributed by atoms with Crippen LogP contribution in [0.2, 0.25) is 0 Å². The Kier molecular flexibility index (Phi) is 5.08. The second-order valence-electron chi connectivity index (χ2n) is 4.67. The van der Waals surface area contributed by atoms with Crippen LogP contribution in [0.3, 0.4) is 0 Å². The Morgan fingerprint density at radius 2 is 2.23 bits per heavy atom. The van der Waals surface area contributed by atoms with E-state index in [1.54, 1.807) is 13.0 Å². The predicted octanol–water partition coefficient (Wildman–Crippen LogP) is 2.82. The third-order valence-corrected chi connectivity index (χ3v) is 3.74. The number of carbonyl (C=O) groups is 1. The van der Waals surface area contributed by atoms with E-state index in [1.165, 1.54) is 29.5 Å². The van der Waals surface area contributed by atoms with Crippen molar-refractivity contribution >= 4 is 28.7 Å². The fourth-order valence-electron chi connectivity index (χ4n) is 1.89. The van der Waals surface area contributed by atoms with Crippen molar-refractivity contribution in [3.8, 4) is 0 Å². The third-order valence-electron chi connectivity index (χ3n) is 3.04. The van der Waals surface area contributed by atoms with Crippen LogP contribution in [0, 0.1) is 17.0 Å². The lowest BCUT2D eigenvalue weighted by Crippen LogP contribution is -2.32. The van der Waals surface area contributed by atoms with E-state index in [-0.39, 0.29) is 12.2 Å². The summed E-state index contributed by atoms with van der Waals surface area (Å²) in [6.07, 6.45) is -0.768. The molecule has 116 valence electrons. The summed E-state index contributed by atoms with van der Waals surface area (Å²) in [6.45, 7) is 1.68. The highest BCUT2D eigenvalue weighted by molar-refractivity contribution is 7.07. The molecule has 0 saturated carbocycles. The molecular weight excluding hydrogens is 306 g/mol. The Bertz CT molecular complexity index is 673. The van der Waals surface area contributed by atoms with Gasteiger partial charge in [0.2, 0.25) is 0 Å². The summed E-state index contributed by atoms with van der Waals surface area (Å²) in [5, 5.41) is 29.3. The molecule has 0 aliphatic carbocycles. The Balaban J connectivity index is 1.89. The van der Waals surface area contributed by atoms with Crippen LogP contribution in [-0.2, 0) is 0 Å². The summed E-state index contributed by atoms with van der Waals surface area (Å²) in [5.74, 6) is 0. The number of urea groups is 1. The first-order valence-electron chi connectivity index (χ1n) is 6.47. The van der Waals surface area contributed by atoms with E-state index in [1.807, 2.05) is 10.8 Å². The van der Waals surface area contributed by atoms with Crippen LogP contribution in [0.25, 0.3) is 0 Å². The second-order valence-corrected chi connectivity index (χ2v) is 5.45. The lowest BCUT2D eigenvalue weighted by Gasteiger charge is -2.12. The number of nitro groups is 1. The predicted molar refractivity (Wildman–Crippen MR) is 84.1 cm³/mol. The molecule has 1 aromatic heterocycles. The van der Waals surface area contributed by atoms with Gasteiger partial charge in [0.05, 0.1) is 11.0 Å². The number of nitro benzene ring substituents is 1. The molecule has 0 bridgehead atoms. The topological polar surface area (TPSA) is 104 Å². The molecule has 2 rings (SSSR count). The van der Waals surface area contributed by atoms with E-state index in [2.05, 4.69) is 10.6 Å². The Hall–Kier alpha value is -2.45. The Labute approximate surface area is 130 Å². The van der Waals surface area contributed by atoms with Crippen molar-refractivity contribution in [2.24, 2.45) is 0 Å². The average molecular weight is 321 g/mol. The number of nitrogens with one attached hydrogen (secondary N) is 2. The van der Waals surface area contributed by atoms with Gasteiger partial charge in [-0.05, 0) is 41.4 Å². The number of rotatable bonds is 5. The van der Waals surface area contributed by atoms with Crippen LogP contribution in [0.15, 0.2) is 35.0 Å². The molecule has 8 heteroatoms. The van der Waals surface area contributed by atoms with Gasteiger partial charge in [0, 0.05) is 23.9 Å². The van der Waals surface area contributed by atoms with Gasteiger partial charge in [-0.3, -0.25) is 10.1 Å². The fourth-order valence-corrected chi connectivity index (χ4v) is 2.59. The van der Waals surface area contributed by atoms with E-state index < -0.39 is 17.1 Å². The standard InChI is InChI=1S/C14H15N3O4S/c1-9-6-11(2-3-12(9)17(20)21)16-14(19)15-7-13(18)10-4-5-22-8-10/h2-6,8,13,18H,7H2,1H3,(H2,15,16,19)/t13-/m1/s1. The third kappa shape index (κ3) is 4.03. The number of benzene rings is 1. The van der Waals surface area contributed by atoms with Crippen molar-refractivity contribution in [1.29, 1.82) is 0 Å². The van der Waals surface area contributed by atoms with E-state index in [4.69, 9.17) is 0 Å².